The molecule has 0 radical (unpaired) electrons. The third-order valence-corrected chi connectivity index (χ3v) is 2.26. The van der Waals surface area contributed by atoms with Crippen LogP contribution in [0.15, 0.2) is 36.8 Å². The van der Waals surface area contributed by atoms with Gasteiger partial charge in [-0.3, -0.25) is 0 Å². The van der Waals surface area contributed by atoms with Crippen molar-refractivity contribution in [2.75, 3.05) is 33.3 Å². The van der Waals surface area contributed by atoms with Crippen molar-refractivity contribution in [2.24, 2.45) is 0 Å². The molecule has 1 rings (SSSR count). The van der Waals surface area contributed by atoms with E-state index in [0.29, 0.717) is 5.76 Å². The highest BCUT2D eigenvalue weighted by Gasteiger charge is 2.10. The quantitative estimate of drug-likeness (QED) is 0.536. The van der Waals surface area contributed by atoms with Crippen LogP contribution in [0.5, 0.6) is 0 Å². The topological polar surface area (TPSA) is 24.5 Å². The van der Waals surface area contributed by atoms with Gasteiger partial charge in [-0.15, -0.1) is 0 Å². The Morgan fingerprint density at radius 2 is 2.07 bits per heavy atom. The van der Waals surface area contributed by atoms with Gasteiger partial charge in [-0.05, 0) is 6.08 Å². The minimum Gasteiger partial charge on any atom is -0.497 e. The van der Waals surface area contributed by atoms with Crippen LogP contribution >= 0.6 is 0 Å². The Hall–Kier alpha value is -1.22. The molecule has 0 aromatic carbocycles. The van der Waals surface area contributed by atoms with Crippen LogP contribution in [-0.2, 0) is 4.74 Å². The van der Waals surface area contributed by atoms with E-state index in [4.69, 9.17) is 4.74 Å². The van der Waals surface area contributed by atoms with Crippen LogP contribution in [0.1, 0.15) is 0 Å². The number of nitrogens with zero attached hydrogens (tertiary/aromatic N) is 1. The van der Waals surface area contributed by atoms with Crippen LogP contribution in [0.25, 0.3) is 0 Å². The second-order valence-corrected chi connectivity index (χ2v) is 3.18. The van der Waals surface area contributed by atoms with E-state index in [1.165, 1.54) is 0 Å². The van der Waals surface area contributed by atoms with Gasteiger partial charge in [0.05, 0.1) is 7.11 Å². The zero-order chi connectivity index (χ0) is 10.4. The summed E-state index contributed by atoms with van der Waals surface area (Å²) < 4.78 is 5.01. The molecule has 3 nitrogen and oxygen atoms in total. The summed E-state index contributed by atoms with van der Waals surface area (Å²) in [7, 11) is 1.62. The van der Waals surface area contributed by atoms with Gasteiger partial charge in [-0.2, -0.15) is 0 Å². The van der Waals surface area contributed by atoms with Crippen molar-refractivity contribution in [2.45, 2.75) is 0 Å². The summed E-state index contributed by atoms with van der Waals surface area (Å²) >= 11 is 0. The van der Waals surface area contributed by atoms with Crippen molar-refractivity contribution < 1.29 is 4.74 Å². The summed E-state index contributed by atoms with van der Waals surface area (Å²) in [6.07, 6.45) is 3.76. The zero-order valence-corrected chi connectivity index (χ0v) is 8.75. The summed E-state index contributed by atoms with van der Waals surface area (Å²) in [5.41, 5.74) is 1.08. The van der Waals surface area contributed by atoms with Gasteiger partial charge < -0.3 is 15.0 Å². The molecule has 14 heavy (non-hydrogen) atoms. The Balaban J connectivity index is 2.64. The summed E-state index contributed by atoms with van der Waals surface area (Å²) in [5, 5.41) is 3.30. The van der Waals surface area contributed by atoms with Crippen molar-refractivity contribution in [3.8, 4) is 0 Å². The Kier molecular flexibility index (Phi) is 4.26. The van der Waals surface area contributed by atoms with Crippen molar-refractivity contribution in [1.29, 1.82) is 0 Å². The highest BCUT2D eigenvalue weighted by atomic mass is 16.5. The van der Waals surface area contributed by atoms with Gasteiger partial charge in [0.2, 0.25) is 0 Å². The molecule has 0 saturated carbocycles. The van der Waals surface area contributed by atoms with Crippen molar-refractivity contribution >= 4 is 0 Å². The van der Waals surface area contributed by atoms with Gasteiger partial charge >= 0.3 is 0 Å². The van der Waals surface area contributed by atoms with Crippen LogP contribution in [0, 0.1) is 0 Å². The molecule has 0 aromatic rings. The Morgan fingerprint density at radius 1 is 1.43 bits per heavy atom. The largest absolute Gasteiger partial charge is 0.497 e. The third-order valence-electron chi connectivity index (χ3n) is 2.26. The van der Waals surface area contributed by atoms with E-state index in [2.05, 4.69) is 23.4 Å². The Morgan fingerprint density at radius 3 is 2.57 bits per heavy atom. The molecule has 1 N–H and O–H groups in total. The average molecular weight is 194 g/mol. The Labute approximate surface area is 85.7 Å². The first kappa shape index (κ1) is 10.9. The predicted molar refractivity (Wildman–Crippen MR) is 58.9 cm³/mol. The standard InChI is InChI=1S/C11H18N2O/c1-4-11(9-10(2)14-3)13-7-5-12-6-8-13/h4,9,12H,1-2,5-8H2,3H3. The summed E-state index contributed by atoms with van der Waals surface area (Å²) in [6, 6.07) is 0. The number of ether oxygens (including phenoxy) is 1. The maximum atomic E-state index is 5.01. The molecule has 1 saturated heterocycles. The maximum Gasteiger partial charge on any atom is 0.113 e. The molecule has 0 bridgehead atoms. The molecule has 78 valence electrons. The second-order valence-electron chi connectivity index (χ2n) is 3.18. The minimum absolute atomic E-state index is 0.665. The lowest BCUT2D eigenvalue weighted by Crippen LogP contribution is -2.42. The van der Waals surface area contributed by atoms with Gasteiger partial charge in [0.1, 0.15) is 5.76 Å². The third kappa shape index (κ3) is 2.92. The van der Waals surface area contributed by atoms with Crippen LogP contribution in [0.3, 0.4) is 0 Å². The summed E-state index contributed by atoms with van der Waals surface area (Å²) in [6.45, 7) is 11.6. The first-order valence-corrected chi connectivity index (χ1v) is 4.80. The van der Waals surface area contributed by atoms with E-state index >= 15 is 0 Å². The molecule has 1 aliphatic heterocycles. The first-order valence-electron chi connectivity index (χ1n) is 4.80. The average Bonchev–Trinajstić information content (AvgIpc) is 2.26. The van der Waals surface area contributed by atoms with Crippen LogP contribution in [0.4, 0.5) is 0 Å². The molecule has 0 unspecified atom stereocenters. The monoisotopic (exact) mass is 194 g/mol. The number of rotatable bonds is 4. The molecule has 0 atom stereocenters. The number of piperazine rings is 1. The number of hydrogen-bond acceptors (Lipinski definition) is 3. The molecule has 1 fully saturated rings. The fraction of sp³-hybridized carbons (Fsp3) is 0.455. The minimum atomic E-state index is 0.665. The van der Waals surface area contributed by atoms with Crippen molar-refractivity contribution in [3.05, 3.63) is 36.8 Å². The van der Waals surface area contributed by atoms with E-state index in [1.54, 1.807) is 7.11 Å². The molecular weight excluding hydrogens is 176 g/mol. The van der Waals surface area contributed by atoms with E-state index in [-0.39, 0.29) is 0 Å². The number of methoxy groups -OCH3 is 1. The smallest absolute Gasteiger partial charge is 0.113 e. The SMILES string of the molecule is C=CC(=CC(=C)OC)N1CCNCC1. The Bertz CT molecular complexity index is 240. The molecule has 0 aliphatic carbocycles. The molecular formula is C11H18N2O. The highest BCUT2D eigenvalue weighted by molar-refractivity contribution is 5.23. The van der Waals surface area contributed by atoms with Gasteiger partial charge in [0.15, 0.2) is 0 Å². The number of hydrogen-bond donors (Lipinski definition) is 1. The zero-order valence-electron chi connectivity index (χ0n) is 8.75. The van der Waals surface area contributed by atoms with E-state index in [1.807, 2.05) is 12.2 Å². The second kappa shape index (κ2) is 5.50. The normalized spacial score (nSPS) is 17.8. The van der Waals surface area contributed by atoms with Gasteiger partial charge in [0, 0.05) is 38.0 Å². The van der Waals surface area contributed by atoms with Crippen LogP contribution in [0.2, 0.25) is 0 Å². The first-order chi connectivity index (χ1) is 6.77. The lowest BCUT2D eigenvalue weighted by molar-refractivity contribution is 0.292. The lowest BCUT2D eigenvalue weighted by Gasteiger charge is -2.30. The summed E-state index contributed by atoms with van der Waals surface area (Å²) in [4.78, 5) is 2.27. The van der Waals surface area contributed by atoms with Crippen molar-refractivity contribution in [1.82, 2.24) is 10.2 Å². The highest BCUT2D eigenvalue weighted by Crippen LogP contribution is 2.09. The lowest BCUT2D eigenvalue weighted by atomic mass is 10.2. The van der Waals surface area contributed by atoms with Crippen LogP contribution < -0.4 is 5.32 Å². The van der Waals surface area contributed by atoms with E-state index < -0.39 is 0 Å². The molecule has 3 heteroatoms. The molecule has 1 heterocycles. The maximum absolute atomic E-state index is 5.01. The van der Waals surface area contributed by atoms with Gasteiger partial charge in [-0.25, -0.2) is 0 Å². The van der Waals surface area contributed by atoms with Gasteiger partial charge in [0.25, 0.3) is 0 Å². The fourth-order valence-electron chi connectivity index (χ4n) is 1.43. The van der Waals surface area contributed by atoms with E-state index in [9.17, 15) is 0 Å². The number of nitrogens with one attached hydrogen (secondary N) is 1. The van der Waals surface area contributed by atoms with Crippen molar-refractivity contribution in [3.63, 3.8) is 0 Å². The van der Waals surface area contributed by atoms with Crippen LogP contribution in [-0.4, -0.2) is 38.2 Å². The predicted octanol–water partition coefficient (Wildman–Crippen LogP) is 1.12. The van der Waals surface area contributed by atoms with Gasteiger partial charge in [-0.1, -0.05) is 13.2 Å². The number of allylic oxidation sites excluding steroid dienone is 2. The van der Waals surface area contributed by atoms with E-state index in [0.717, 1.165) is 31.9 Å². The molecule has 0 aromatic heterocycles. The molecule has 1 aliphatic rings. The molecule has 0 amide bonds. The fourth-order valence-corrected chi connectivity index (χ4v) is 1.43. The summed E-state index contributed by atoms with van der Waals surface area (Å²) in [5.74, 6) is 0.665. The molecule has 0 spiro atoms.